The van der Waals surface area contributed by atoms with Crippen LogP contribution in [0, 0.1) is 0 Å². The zero-order valence-electron chi connectivity index (χ0n) is 11.2. The molecule has 0 spiro atoms. The van der Waals surface area contributed by atoms with Crippen molar-refractivity contribution in [3.63, 3.8) is 0 Å². The summed E-state index contributed by atoms with van der Waals surface area (Å²) >= 11 is 5.30. The molecule has 3 rings (SSSR count). The highest BCUT2D eigenvalue weighted by molar-refractivity contribution is 9.09. The van der Waals surface area contributed by atoms with Gasteiger partial charge < -0.3 is 0 Å². The van der Waals surface area contributed by atoms with Gasteiger partial charge in [-0.25, -0.2) is 0 Å². The minimum absolute atomic E-state index is 1.08. The van der Waals surface area contributed by atoms with Gasteiger partial charge in [0.1, 0.15) is 0 Å². The maximum Gasteiger partial charge on any atom is 0.0784 e. The number of hydrogen-bond donors (Lipinski definition) is 0. The highest BCUT2D eigenvalue weighted by Gasteiger charge is 2.27. The first-order valence-corrected chi connectivity index (χ1v) is 8.71. The van der Waals surface area contributed by atoms with E-state index >= 15 is 0 Å². The molecule has 2 aromatic rings. The first-order chi connectivity index (χ1) is 9.90. The lowest BCUT2D eigenvalue weighted by Crippen LogP contribution is -2.15. The SMILES string of the molecule is BrCCCCN1SN(c2ccccc2)c2ccccc21. The Labute approximate surface area is 133 Å². The predicted octanol–water partition coefficient (Wildman–Crippen LogP) is 5.38. The van der Waals surface area contributed by atoms with E-state index in [0.717, 1.165) is 11.9 Å². The number of benzene rings is 2. The zero-order chi connectivity index (χ0) is 13.8. The van der Waals surface area contributed by atoms with E-state index in [9.17, 15) is 0 Å². The van der Waals surface area contributed by atoms with Crippen LogP contribution in [0.25, 0.3) is 0 Å². The molecule has 0 unspecified atom stereocenters. The first-order valence-electron chi connectivity index (χ1n) is 6.86. The molecule has 1 aliphatic rings. The Bertz CT molecular complexity index is 561. The quantitative estimate of drug-likeness (QED) is 0.406. The third kappa shape index (κ3) is 2.81. The second kappa shape index (κ2) is 6.55. The minimum Gasteiger partial charge on any atom is -0.296 e. The van der Waals surface area contributed by atoms with Crippen molar-refractivity contribution >= 4 is 45.1 Å². The van der Waals surface area contributed by atoms with E-state index in [2.05, 4.69) is 79.1 Å². The largest absolute Gasteiger partial charge is 0.296 e. The first kappa shape index (κ1) is 13.8. The van der Waals surface area contributed by atoms with Crippen molar-refractivity contribution in [1.29, 1.82) is 0 Å². The number of para-hydroxylation sites is 3. The van der Waals surface area contributed by atoms with Crippen LogP contribution in [-0.2, 0) is 0 Å². The third-order valence-corrected chi connectivity index (χ3v) is 4.99. The van der Waals surface area contributed by atoms with E-state index in [-0.39, 0.29) is 0 Å². The highest BCUT2D eigenvalue weighted by atomic mass is 79.9. The fourth-order valence-electron chi connectivity index (χ4n) is 2.29. The van der Waals surface area contributed by atoms with Crippen LogP contribution in [-0.4, -0.2) is 11.9 Å². The summed E-state index contributed by atoms with van der Waals surface area (Å²) in [7, 11) is 0. The molecule has 20 heavy (non-hydrogen) atoms. The van der Waals surface area contributed by atoms with Crippen molar-refractivity contribution in [2.24, 2.45) is 0 Å². The normalized spacial score (nSPS) is 13.7. The molecule has 0 radical (unpaired) electrons. The van der Waals surface area contributed by atoms with Gasteiger partial charge >= 0.3 is 0 Å². The Morgan fingerprint density at radius 2 is 1.55 bits per heavy atom. The molecule has 0 fully saturated rings. The summed E-state index contributed by atoms with van der Waals surface area (Å²) in [6, 6.07) is 19.2. The van der Waals surface area contributed by atoms with Gasteiger partial charge in [-0.05, 0) is 37.1 Å². The highest BCUT2D eigenvalue weighted by Crippen LogP contribution is 2.48. The molecule has 104 valence electrons. The molecule has 2 nitrogen and oxygen atoms in total. The molecular weight excluding hydrogens is 332 g/mol. The molecule has 1 aliphatic heterocycles. The summed E-state index contributed by atoms with van der Waals surface area (Å²) < 4.78 is 4.70. The smallest absolute Gasteiger partial charge is 0.0784 e. The van der Waals surface area contributed by atoms with Crippen LogP contribution < -0.4 is 8.61 Å². The van der Waals surface area contributed by atoms with E-state index in [1.165, 1.54) is 29.9 Å². The van der Waals surface area contributed by atoms with Crippen LogP contribution in [0.3, 0.4) is 0 Å². The lowest BCUT2D eigenvalue weighted by Gasteiger charge is -2.19. The van der Waals surface area contributed by atoms with Gasteiger partial charge in [-0.1, -0.05) is 46.3 Å². The molecule has 0 saturated heterocycles. The molecule has 0 aliphatic carbocycles. The minimum atomic E-state index is 1.08. The van der Waals surface area contributed by atoms with E-state index < -0.39 is 0 Å². The third-order valence-electron chi connectivity index (χ3n) is 3.28. The molecule has 2 aromatic carbocycles. The Morgan fingerprint density at radius 3 is 2.30 bits per heavy atom. The van der Waals surface area contributed by atoms with E-state index in [1.807, 2.05) is 0 Å². The summed E-state index contributed by atoms with van der Waals surface area (Å²) in [4.78, 5) is 0. The van der Waals surface area contributed by atoms with Gasteiger partial charge in [0, 0.05) is 11.9 Å². The van der Waals surface area contributed by atoms with Crippen molar-refractivity contribution < 1.29 is 0 Å². The van der Waals surface area contributed by atoms with E-state index in [0.29, 0.717) is 0 Å². The molecule has 0 atom stereocenters. The van der Waals surface area contributed by atoms with Crippen LogP contribution in [0.5, 0.6) is 0 Å². The van der Waals surface area contributed by atoms with Gasteiger partial charge in [-0.2, -0.15) is 0 Å². The molecule has 4 heteroatoms. The summed E-state index contributed by atoms with van der Waals surface area (Å²) in [5, 5.41) is 1.08. The van der Waals surface area contributed by atoms with Gasteiger partial charge in [0.25, 0.3) is 0 Å². The van der Waals surface area contributed by atoms with Gasteiger partial charge in [0.2, 0.25) is 0 Å². The number of unbranched alkanes of at least 4 members (excludes halogenated alkanes) is 1. The van der Waals surface area contributed by atoms with E-state index in [4.69, 9.17) is 0 Å². The second-order valence-electron chi connectivity index (χ2n) is 4.70. The number of alkyl halides is 1. The van der Waals surface area contributed by atoms with Crippen LogP contribution >= 0.6 is 28.1 Å². The summed E-state index contributed by atoms with van der Waals surface area (Å²) in [6.45, 7) is 1.08. The van der Waals surface area contributed by atoms with Crippen LogP contribution in [0.15, 0.2) is 54.6 Å². The average molecular weight is 349 g/mol. The number of halogens is 1. The van der Waals surface area contributed by atoms with Crippen LogP contribution in [0.4, 0.5) is 17.1 Å². The van der Waals surface area contributed by atoms with E-state index in [1.54, 1.807) is 12.1 Å². The lowest BCUT2D eigenvalue weighted by atomic mass is 10.2. The molecule has 0 amide bonds. The lowest BCUT2D eigenvalue weighted by molar-refractivity contribution is 0.822. The second-order valence-corrected chi connectivity index (χ2v) is 6.46. The Balaban J connectivity index is 1.85. The number of nitrogens with zero attached hydrogens (tertiary/aromatic N) is 2. The fourth-order valence-corrected chi connectivity index (χ4v) is 3.80. The number of hydrogen-bond acceptors (Lipinski definition) is 3. The van der Waals surface area contributed by atoms with Crippen LogP contribution in [0.2, 0.25) is 0 Å². The summed E-state index contributed by atoms with van der Waals surface area (Å²) in [5.41, 5.74) is 3.83. The van der Waals surface area contributed by atoms with Crippen molar-refractivity contribution in [2.45, 2.75) is 12.8 Å². The van der Waals surface area contributed by atoms with Gasteiger partial charge in [0.15, 0.2) is 0 Å². The number of fused-ring (bicyclic) bond motifs is 1. The van der Waals surface area contributed by atoms with Crippen molar-refractivity contribution in [1.82, 2.24) is 0 Å². The standard InChI is InChI=1S/C16H17BrN2S/c17-12-6-7-13-18-15-10-4-5-11-16(15)19(20-18)14-8-2-1-3-9-14/h1-5,8-11H,6-7,12-13H2. The number of anilines is 3. The molecular formula is C16H17BrN2S. The van der Waals surface area contributed by atoms with Crippen molar-refractivity contribution in [3.05, 3.63) is 54.6 Å². The topological polar surface area (TPSA) is 6.48 Å². The van der Waals surface area contributed by atoms with Gasteiger partial charge in [-0.15, -0.1) is 0 Å². The van der Waals surface area contributed by atoms with Crippen molar-refractivity contribution in [3.8, 4) is 0 Å². The monoisotopic (exact) mass is 348 g/mol. The molecule has 0 aromatic heterocycles. The van der Waals surface area contributed by atoms with Crippen LogP contribution in [0.1, 0.15) is 12.8 Å². The zero-order valence-corrected chi connectivity index (χ0v) is 13.6. The fraction of sp³-hybridized carbons (Fsp3) is 0.250. The van der Waals surface area contributed by atoms with Crippen molar-refractivity contribution in [2.75, 3.05) is 20.5 Å². The summed E-state index contributed by atoms with van der Waals surface area (Å²) in [5.74, 6) is 0. The molecule has 0 bridgehead atoms. The maximum absolute atomic E-state index is 3.50. The Hall–Kier alpha value is -1.13. The maximum atomic E-state index is 3.50. The summed E-state index contributed by atoms with van der Waals surface area (Å²) in [6.07, 6.45) is 2.42. The average Bonchev–Trinajstić information content (AvgIpc) is 2.88. The number of rotatable bonds is 5. The predicted molar refractivity (Wildman–Crippen MR) is 93.0 cm³/mol. The molecule has 1 heterocycles. The van der Waals surface area contributed by atoms with Gasteiger partial charge in [0.05, 0.1) is 29.2 Å². The van der Waals surface area contributed by atoms with Gasteiger partial charge in [-0.3, -0.25) is 8.61 Å². The molecule has 0 saturated carbocycles. The Morgan fingerprint density at radius 1 is 0.850 bits per heavy atom. The molecule has 0 N–H and O–H groups in total. The Kier molecular flexibility index (Phi) is 4.53.